The molecule has 0 saturated carbocycles. The van der Waals surface area contributed by atoms with Gasteiger partial charge in [-0.2, -0.15) is 10.5 Å². The minimum absolute atomic E-state index is 0.0455. The molecule has 1 aromatic carbocycles. The largest absolute Gasteiger partial charge is 0.454 e. The number of fused-ring (bicyclic) bond motifs is 1. The van der Waals surface area contributed by atoms with E-state index in [-0.39, 0.29) is 35.4 Å². The minimum atomic E-state index is -0.0983. The molecule has 2 heterocycles. The van der Waals surface area contributed by atoms with E-state index in [1.807, 2.05) is 37.3 Å². The van der Waals surface area contributed by atoms with Crippen molar-refractivity contribution in [3.8, 4) is 23.6 Å². The highest BCUT2D eigenvalue weighted by atomic mass is 32.2. The number of rotatable bonds is 6. The van der Waals surface area contributed by atoms with Crippen LogP contribution in [0, 0.1) is 22.7 Å². The summed E-state index contributed by atoms with van der Waals surface area (Å²) in [5, 5.41) is 18.6. The average Bonchev–Trinajstić information content (AvgIpc) is 3.18. The molecule has 3 rings (SSSR count). The van der Waals surface area contributed by atoms with Gasteiger partial charge in [0.1, 0.15) is 23.0 Å². The maximum absolute atomic E-state index is 12.6. The third-order valence-electron chi connectivity index (χ3n) is 4.14. The number of benzene rings is 1. The number of amides is 1. The normalized spacial score (nSPS) is 11.5. The highest BCUT2D eigenvalue weighted by Gasteiger charge is 2.18. The van der Waals surface area contributed by atoms with Gasteiger partial charge in [0.05, 0.1) is 16.9 Å². The molecule has 0 saturated heterocycles. The Morgan fingerprint density at radius 2 is 2.00 bits per heavy atom. The predicted octanol–water partition coefficient (Wildman–Crippen LogP) is 2.28. The first-order valence-corrected chi connectivity index (χ1v) is 9.44. The first-order chi connectivity index (χ1) is 13.5. The van der Waals surface area contributed by atoms with Crippen LogP contribution in [0.1, 0.15) is 23.6 Å². The molecule has 0 aliphatic carbocycles. The van der Waals surface area contributed by atoms with Gasteiger partial charge in [-0.05, 0) is 30.7 Å². The van der Waals surface area contributed by atoms with E-state index < -0.39 is 0 Å². The molecule has 0 radical (unpaired) electrons. The van der Waals surface area contributed by atoms with E-state index in [0.717, 1.165) is 17.3 Å². The third kappa shape index (κ3) is 4.11. The van der Waals surface area contributed by atoms with Crippen LogP contribution in [0.4, 0.5) is 5.82 Å². The van der Waals surface area contributed by atoms with Crippen molar-refractivity contribution in [1.82, 2.24) is 9.88 Å². The molecule has 0 atom stereocenters. The summed E-state index contributed by atoms with van der Waals surface area (Å²) in [5.74, 6) is 1.42. The lowest BCUT2D eigenvalue weighted by atomic mass is 10.2. The second-order valence-electron chi connectivity index (χ2n) is 5.88. The van der Waals surface area contributed by atoms with Crippen molar-refractivity contribution in [1.29, 1.82) is 10.5 Å². The average molecular weight is 395 g/mol. The monoisotopic (exact) mass is 395 g/mol. The number of carbonyl (C=O) groups is 1. The number of nitrogens with two attached hydrogens (primary N) is 1. The standard InChI is InChI=1S/C19H17N5O3S/c1-2-24(9-12-3-4-15-16(5-12)27-11-26-15)17(25)10-28-19-14(8-21)6-13(7-20)18(22)23-19/h3-6H,2,9-11H2,1H3,(H2,22,23). The van der Waals surface area contributed by atoms with Crippen LogP contribution in [-0.4, -0.2) is 34.9 Å². The second-order valence-corrected chi connectivity index (χ2v) is 6.85. The van der Waals surface area contributed by atoms with E-state index in [1.54, 1.807) is 4.90 Å². The number of hydrogen-bond donors (Lipinski definition) is 1. The smallest absolute Gasteiger partial charge is 0.233 e. The van der Waals surface area contributed by atoms with Crippen LogP contribution < -0.4 is 15.2 Å². The van der Waals surface area contributed by atoms with E-state index in [0.29, 0.717) is 29.6 Å². The molecular formula is C19H17N5O3S. The molecule has 1 aliphatic heterocycles. The zero-order chi connectivity index (χ0) is 20.1. The number of ether oxygens (including phenoxy) is 2. The minimum Gasteiger partial charge on any atom is -0.454 e. The molecule has 0 bridgehead atoms. The van der Waals surface area contributed by atoms with E-state index in [4.69, 9.17) is 20.5 Å². The number of nitrogen functional groups attached to an aromatic ring is 1. The topological polar surface area (TPSA) is 125 Å². The van der Waals surface area contributed by atoms with Crippen molar-refractivity contribution < 1.29 is 14.3 Å². The van der Waals surface area contributed by atoms with Crippen molar-refractivity contribution in [3.63, 3.8) is 0 Å². The lowest BCUT2D eigenvalue weighted by molar-refractivity contribution is -0.128. The predicted molar refractivity (Wildman–Crippen MR) is 102 cm³/mol. The summed E-state index contributed by atoms with van der Waals surface area (Å²) < 4.78 is 10.7. The Labute approximate surface area is 166 Å². The summed E-state index contributed by atoms with van der Waals surface area (Å²) in [6, 6.07) is 10.9. The van der Waals surface area contributed by atoms with Gasteiger partial charge in [-0.25, -0.2) is 4.98 Å². The molecular weight excluding hydrogens is 378 g/mol. The Morgan fingerprint density at radius 1 is 1.25 bits per heavy atom. The molecule has 2 aromatic rings. The van der Waals surface area contributed by atoms with Crippen molar-refractivity contribution in [2.45, 2.75) is 18.5 Å². The van der Waals surface area contributed by atoms with Crippen molar-refractivity contribution in [2.75, 3.05) is 24.8 Å². The highest BCUT2D eigenvalue weighted by Crippen LogP contribution is 2.33. The summed E-state index contributed by atoms with van der Waals surface area (Å²) in [4.78, 5) is 18.4. The van der Waals surface area contributed by atoms with E-state index >= 15 is 0 Å². The summed E-state index contributed by atoms with van der Waals surface area (Å²) in [6.45, 7) is 3.06. The number of aromatic nitrogens is 1. The zero-order valence-corrected chi connectivity index (χ0v) is 16.0. The SMILES string of the molecule is CCN(Cc1ccc2c(c1)OCO2)C(=O)CSc1nc(N)c(C#N)cc1C#N. The van der Waals surface area contributed by atoms with E-state index in [9.17, 15) is 10.1 Å². The quantitative estimate of drug-likeness (QED) is 0.738. The first kappa shape index (κ1) is 19.3. The number of pyridine rings is 1. The summed E-state index contributed by atoms with van der Waals surface area (Å²) in [5.41, 5.74) is 7.02. The maximum Gasteiger partial charge on any atom is 0.233 e. The molecule has 8 nitrogen and oxygen atoms in total. The number of hydrogen-bond acceptors (Lipinski definition) is 8. The summed E-state index contributed by atoms with van der Waals surface area (Å²) >= 11 is 1.13. The van der Waals surface area contributed by atoms with Crippen LogP contribution in [0.5, 0.6) is 11.5 Å². The van der Waals surface area contributed by atoms with Gasteiger partial charge < -0.3 is 20.1 Å². The molecule has 1 amide bonds. The van der Waals surface area contributed by atoms with Crippen molar-refractivity contribution >= 4 is 23.5 Å². The maximum atomic E-state index is 12.6. The first-order valence-electron chi connectivity index (χ1n) is 8.45. The summed E-state index contributed by atoms with van der Waals surface area (Å²) in [6.07, 6.45) is 0. The molecule has 28 heavy (non-hydrogen) atoms. The van der Waals surface area contributed by atoms with Gasteiger partial charge in [0, 0.05) is 13.1 Å². The second kappa shape index (κ2) is 8.51. The van der Waals surface area contributed by atoms with Crippen molar-refractivity contribution in [3.05, 3.63) is 41.0 Å². The fourth-order valence-corrected chi connectivity index (χ4v) is 3.51. The van der Waals surface area contributed by atoms with Crippen LogP contribution in [0.25, 0.3) is 0 Å². The van der Waals surface area contributed by atoms with Gasteiger partial charge in [0.25, 0.3) is 0 Å². The van der Waals surface area contributed by atoms with Gasteiger partial charge >= 0.3 is 0 Å². The molecule has 1 aromatic heterocycles. The molecule has 0 fully saturated rings. The van der Waals surface area contributed by atoms with Gasteiger partial charge in [0.15, 0.2) is 11.5 Å². The van der Waals surface area contributed by atoms with Gasteiger partial charge in [-0.3, -0.25) is 4.79 Å². The van der Waals surface area contributed by atoms with Crippen LogP contribution in [0.3, 0.4) is 0 Å². The van der Waals surface area contributed by atoms with Crippen molar-refractivity contribution in [2.24, 2.45) is 0 Å². The Hall–Kier alpha value is -3.43. The van der Waals surface area contributed by atoms with E-state index in [1.165, 1.54) is 6.07 Å². The molecule has 142 valence electrons. The van der Waals surface area contributed by atoms with Gasteiger partial charge in [-0.15, -0.1) is 0 Å². The Kier molecular flexibility index (Phi) is 5.87. The Bertz CT molecular complexity index is 996. The Morgan fingerprint density at radius 3 is 2.71 bits per heavy atom. The lowest BCUT2D eigenvalue weighted by Crippen LogP contribution is -2.31. The van der Waals surface area contributed by atoms with Crippen LogP contribution in [-0.2, 0) is 11.3 Å². The zero-order valence-electron chi connectivity index (χ0n) is 15.1. The van der Waals surface area contributed by atoms with E-state index in [2.05, 4.69) is 4.98 Å². The van der Waals surface area contributed by atoms with Crippen LogP contribution in [0.2, 0.25) is 0 Å². The molecule has 9 heteroatoms. The third-order valence-corrected chi connectivity index (χ3v) is 5.11. The molecule has 2 N–H and O–H groups in total. The molecule has 0 unspecified atom stereocenters. The number of nitrogens with zero attached hydrogens (tertiary/aromatic N) is 4. The fraction of sp³-hybridized carbons (Fsp3) is 0.263. The molecule has 1 aliphatic rings. The number of anilines is 1. The number of thioether (sulfide) groups is 1. The summed E-state index contributed by atoms with van der Waals surface area (Å²) in [7, 11) is 0. The number of carbonyl (C=O) groups excluding carboxylic acids is 1. The highest BCUT2D eigenvalue weighted by molar-refractivity contribution is 8.00. The van der Waals surface area contributed by atoms with Gasteiger partial charge in [0.2, 0.25) is 12.7 Å². The fourth-order valence-electron chi connectivity index (χ4n) is 2.65. The number of nitriles is 2. The van der Waals surface area contributed by atoms with Gasteiger partial charge in [-0.1, -0.05) is 17.8 Å². The Balaban J connectivity index is 1.67. The molecule has 0 spiro atoms. The van der Waals surface area contributed by atoms with Crippen LogP contribution in [0.15, 0.2) is 29.3 Å². The lowest BCUT2D eigenvalue weighted by Gasteiger charge is -2.21. The van der Waals surface area contributed by atoms with Crippen LogP contribution >= 0.6 is 11.8 Å².